The molecule has 0 atom stereocenters. The zero-order valence-electron chi connectivity index (χ0n) is 11.4. The monoisotopic (exact) mass is 299 g/mol. The highest BCUT2D eigenvalue weighted by Crippen LogP contribution is 2.14. The van der Waals surface area contributed by atoms with Crippen molar-refractivity contribution in [3.05, 3.63) is 30.6 Å². The summed E-state index contributed by atoms with van der Waals surface area (Å²) in [4.78, 5) is 30.3. The van der Waals surface area contributed by atoms with Crippen molar-refractivity contribution in [3.63, 3.8) is 0 Å². The first kappa shape index (κ1) is 18.5. The molecule has 116 valence electrons. The molecule has 0 aliphatic rings. The minimum Gasteiger partial charge on any atom is -0.547 e. The van der Waals surface area contributed by atoms with Gasteiger partial charge in [0.2, 0.25) is 0 Å². The predicted molar refractivity (Wildman–Crippen MR) is 66.8 cm³/mol. The standard InChI is InChI=1S/C7H10N.C6H8O7/c1-2-8-6-4-3-5-7-8;7-3(8)1-6(13,5(11)12)2-4(9)10/h3-7H,2H2,1H3;13H,1-2H2,(H,7,8)(H,9,10)(H,11,12)/q+1;/p-1. The molecule has 0 saturated heterocycles. The van der Waals surface area contributed by atoms with E-state index in [4.69, 9.17) is 15.3 Å². The quantitative estimate of drug-likeness (QED) is 0.538. The van der Waals surface area contributed by atoms with Crippen LogP contribution in [0, 0.1) is 0 Å². The van der Waals surface area contributed by atoms with E-state index in [0.717, 1.165) is 6.54 Å². The number of aliphatic hydroxyl groups is 1. The second kappa shape index (κ2) is 8.64. The fourth-order valence-electron chi connectivity index (χ4n) is 1.35. The highest BCUT2D eigenvalue weighted by molar-refractivity contribution is 5.86. The van der Waals surface area contributed by atoms with E-state index in [0.29, 0.717) is 0 Å². The number of rotatable bonds is 6. The lowest BCUT2D eigenvalue weighted by atomic mass is 9.96. The zero-order valence-corrected chi connectivity index (χ0v) is 11.4. The Labute approximate surface area is 120 Å². The maximum atomic E-state index is 10.2. The molecule has 1 aromatic rings. The van der Waals surface area contributed by atoms with E-state index >= 15 is 0 Å². The van der Waals surface area contributed by atoms with Crippen molar-refractivity contribution in [2.75, 3.05) is 0 Å². The van der Waals surface area contributed by atoms with Crippen LogP contribution in [-0.4, -0.2) is 38.8 Å². The molecule has 0 aliphatic heterocycles. The van der Waals surface area contributed by atoms with Gasteiger partial charge in [0.1, 0.15) is 12.1 Å². The number of carbonyl (C=O) groups is 3. The Hall–Kier alpha value is -2.48. The van der Waals surface area contributed by atoms with Crippen molar-refractivity contribution in [1.82, 2.24) is 0 Å². The van der Waals surface area contributed by atoms with Gasteiger partial charge >= 0.3 is 11.9 Å². The molecular formula is C13H17NO7. The maximum absolute atomic E-state index is 10.2. The van der Waals surface area contributed by atoms with Crippen LogP contribution in [0.5, 0.6) is 0 Å². The minimum atomic E-state index is -2.85. The van der Waals surface area contributed by atoms with E-state index in [-0.39, 0.29) is 0 Å². The van der Waals surface area contributed by atoms with E-state index in [1.54, 1.807) is 0 Å². The number of carboxylic acid groups (broad SMARTS) is 3. The third-order valence-corrected chi connectivity index (χ3v) is 2.41. The minimum absolute atomic E-state index is 1.06. The molecule has 8 heteroatoms. The highest BCUT2D eigenvalue weighted by Gasteiger charge is 2.34. The Morgan fingerprint density at radius 1 is 1.05 bits per heavy atom. The van der Waals surface area contributed by atoms with Gasteiger partial charge in [0, 0.05) is 12.1 Å². The Morgan fingerprint density at radius 3 is 1.71 bits per heavy atom. The van der Waals surface area contributed by atoms with Crippen molar-refractivity contribution < 1.29 is 39.4 Å². The number of hydrogen-bond acceptors (Lipinski definition) is 5. The predicted octanol–water partition coefficient (Wildman–Crippen LogP) is -1.59. The van der Waals surface area contributed by atoms with Crippen LogP contribution in [-0.2, 0) is 20.9 Å². The van der Waals surface area contributed by atoms with Crippen LogP contribution >= 0.6 is 0 Å². The number of carboxylic acids is 3. The molecule has 1 rings (SSSR count). The summed E-state index contributed by atoms with van der Waals surface area (Å²) in [5, 5.41) is 35.5. The molecule has 0 fully saturated rings. The van der Waals surface area contributed by atoms with Crippen LogP contribution in [0.1, 0.15) is 19.8 Å². The Morgan fingerprint density at radius 2 is 1.48 bits per heavy atom. The van der Waals surface area contributed by atoms with E-state index in [1.165, 1.54) is 0 Å². The molecule has 1 aromatic heterocycles. The van der Waals surface area contributed by atoms with Crippen molar-refractivity contribution in [3.8, 4) is 0 Å². The number of pyridine rings is 1. The van der Waals surface area contributed by atoms with E-state index in [9.17, 15) is 19.5 Å². The van der Waals surface area contributed by atoms with Gasteiger partial charge in [0.15, 0.2) is 12.4 Å². The Balaban J connectivity index is 0.000000423. The van der Waals surface area contributed by atoms with Crippen LogP contribution in [0.3, 0.4) is 0 Å². The summed E-state index contributed by atoms with van der Waals surface area (Å²) in [6.45, 7) is 3.18. The number of aliphatic carboxylic acids is 3. The number of hydrogen-bond donors (Lipinski definition) is 3. The fraction of sp³-hybridized carbons (Fsp3) is 0.385. The molecule has 0 bridgehead atoms. The summed E-state index contributed by atoms with van der Waals surface area (Å²) in [6, 6.07) is 6.08. The Kier molecular flexibility index (Phi) is 7.62. The number of carbonyl (C=O) groups excluding carboxylic acids is 1. The van der Waals surface area contributed by atoms with Gasteiger partial charge in [0.25, 0.3) is 0 Å². The maximum Gasteiger partial charge on any atom is 0.306 e. The average Bonchev–Trinajstić information content (AvgIpc) is 2.38. The lowest BCUT2D eigenvalue weighted by Gasteiger charge is -2.25. The SMILES string of the molecule is CC[n+]1ccccc1.O=C(O)CC(O)(CC(=O)O)C(=O)[O-]. The van der Waals surface area contributed by atoms with Crippen LogP contribution in [0.25, 0.3) is 0 Å². The molecule has 0 saturated carbocycles. The molecule has 0 spiro atoms. The molecule has 1 heterocycles. The number of aryl methyl sites for hydroxylation is 1. The first-order valence-corrected chi connectivity index (χ1v) is 6.02. The molecular weight excluding hydrogens is 282 g/mol. The van der Waals surface area contributed by atoms with Gasteiger partial charge in [0.05, 0.1) is 18.8 Å². The highest BCUT2D eigenvalue weighted by atomic mass is 16.4. The normalized spacial score (nSPS) is 10.2. The van der Waals surface area contributed by atoms with Crippen LogP contribution in [0.15, 0.2) is 30.6 Å². The van der Waals surface area contributed by atoms with Gasteiger partial charge in [-0.1, -0.05) is 6.07 Å². The van der Waals surface area contributed by atoms with E-state index < -0.39 is 36.4 Å². The van der Waals surface area contributed by atoms with Crippen LogP contribution in [0.2, 0.25) is 0 Å². The number of nitrogens with zero attached hydrogens (tertiary/aromatic N) is 1. The first-order chi connectivity index (χ1) is 9.71. The van der Waals surface area contributed by atoms with Crippen molar-refractivity contribution in [1.29, 1.82) is 0 Å². The molecule has 0 amide bonds. The van der Waals surface area contributed by atoms with Gasteiger partial charge in [-0.25, -0.2) is 4.57 Å². The fourth-order valence-corrected chi connectivity index (χ4v) is 1.35. The molecule has 0 aliphatic carbocycles. The van der Waals surface area contributed by atoms with Crippen LogP contribution in [0.4, 0.5) is 0 Å². The summed E-state index contributed by atoms with van der Waals surface area (Å²) >= 11 is 0. The molecule has 21 heavy (non-hydrogen) atoms. The van der Waals surface area contributed by atoms with Gasteiger partial charge in [-0.05, 0) is 6.92 Å². The lowest BCUT2D eigenvalue weighted by molar-refractivity contribution is -0.693. The molecule has 3 N–H and O–H groups in total. The molecule has 8 nitrogen and oxygen atoms in total. The molecule has 0 radical (unpaired) electrons. The zero-order chi connectivity index (χ0) is 16.5. The van der Waals surface area contributed by atoms with E-state index in [1.807, 2.05) is 18.2 Å². The summed E-state index contributed by atoms with van der Waals surface area (Å²) in [5.74, 6) is -5.35. The summed E-state index contributed by atoms with van der Waals surface area (Å²) in [6.07, 6.45) is 1.70. The number of aromatic nitrogens is 1. The smallest absolute Gasteiger partial charge is 0.306 e. The third-order valence-electron chi connectivity index (χ3n) is 2.41. The third kappa shape index (κ3) is 7.63. The largest absolute Gasteiger partial charge is 0.547 e. The lowest BCUT2D eigenvalue weighted by Crippen LogP contribution is -2.51. The Bertz CT molecular complexity index is 471. The van der Waals surface area contributed by atoms with Gasteiger partial charge in [-0.2, -0.15) is 0 Å². The van der Waals surface area contributed by atoms with Crippen molar-refractivity contribution in [2.45, 2.75) is 31.9 Å². The average molecular weight is 299 g/mol. The summed E-state index contributed by atoms with van der Waals surface area (Å²) < 4.78 is 2.12. The van der Waals surface area contributed by atoms with Gasteiger partial charge < -0.3 is 25.2 Å². The summed E-state index contributed by atoms with van der Waals surface area (Å²) in [5.41, 5.74) is -2.85. The second-order valence-corrected chi connectivity index (χ2v) is 4.17. The van der Waals surface area contributed by atoms with Crippen LogP contribution < -0.4 is 9.67 Å². The van der Waals surface area contributed by atoms with E-state index in [2.05, 4.69) is 23.9 Å². The van der Waals surface area contributed by atoms with Crippen molar-refractivity contribution >= 4 is 17.9 Å². The molecule has 0 aromatic carbocycles. The van der Waals surface area contributed by atoms with Gasteiger partial charge in [-0.15, -0.1) is 0 Å². The van der Waals surface area contributed by atoms with Gasteiger partial charge in [-0.3, -0.25) is 9.59 Å². The summed E-state index contributed by atoms with van der Waals surface area (Å²) in [7, 11) is 0. The first-order valence-electron chi connectivity index (χ1n) is 6.02. The second-order valence-electron chi connectivity index (χ2n) is 4.17. The van der Waals surface area contributed by atoms with Crippen molar-refractivity contribution in [2.24, 2.45) is 0 Å². The topological polar surface area (TPSA) is 139 Å². The molecule has 0 unspecified atom stereocenters.